The van der Waals surface area contributed by atoms with Gasteiger partial charge < -0.3 is 10.2 Å². The highest BCUT2D eigenvalue weighted by atomic mass is 35.5. The lowest BCUT2D eigenvalue weighted by Gasteiger charge is -2.21. The Morgan fingerprint density at radius 3 is 2.70 bits per heavy atom. The number of halogens is 2. The van der Waals surface area contributed by atoms with E-state index < -0.39 is 38.9 Å². The zero-order chi connectivity index (χ0) is 15.1. The number of carboxylic acid groups (broad SMARTS) is 1. The number of aliphatic carboxylic acids is 1. The largest absolute Gasteiger partial charge is 0.480 e. The van der Waals surface area contributed by atoms with Crippen molar-refractivity contribution in [3.8, 4) is 0 Å². The molecule has 110 valence electrons. The summed E-state index contributed by atoms with van der Waals surface area (Å²) in [5.41, 5.74) is 0. The van der Waals surface area contributed by atoms with Crippen LogP contribution in [0.5, 0.6) is 0 Å². The molecule has 0 aliphatic carbocycles. The predicted octanol–water partition coefficient (Wildman–Crippen LogP) is 0.688. The van der Waals surface area contributed by atoms with Crippen molar-refractivity contribution in [2.24, 2.45) is 0 Å². The molecule has 0 unspecified atom stereocenters. The highest BCUT2D eigenvalue weighted by molar-refractivity contribution is 7.89. The highest BCUT2D eigenvalue weighted by Crippen LogP contribution is 2.30. The van der Waals surface area contributed by atoms with Crippen molar-refractivity contribution < 1.29 is 27.8 Å². The lowest BCUT2D eigenvalue weighted by atomic mass is 10.2. The average Bonchev–Trinajstić information content (AvgIpc) is 2.75. The Kier molecular flexibility index (Phi) is 4.01. The molecule has 1 saturated heterocycles. The monoisotopic (exact) mass is 323 g/mol. The number of carbonyl (C=O) groups is 1. The summed E-state index contributed by atoms with van der Waals surface area (Å²) in [6.07, 6.45) is -1.31. The summed E-state index contributed by atoms with van der Waals surface area (Å²) in [7, 11) is -4.30. The summed E-state index contributed by atoms with van der Waals surface area (Å²) in [6.45, 7) is -0.369. The number of hydrogen-bond donors (Lipinski definition) is 2. The van der Waals surface area contributed by atoms with Crippen LogP contribution in [0.3, 0.4) is 0 Å². The molecular weight excluding hydrogens is 313 g/mol. The molecule has 2 N–H and O–H groups in total. The minimum absolute atomic E-state index is 0.211. The fraction of sp³-hybridized carbons (Fsp3) is 0.364. The molecule has 6 nitrogen and oxygen atoms in total. The van der Waals surface area contributed by atoms with Crippen LogP contribution in [0.4, 0.5) is 4.39 Å². The number of benzene rings is 1. The van der Waals surface area contributed by atoms with Gasteiger partial charge in [0.2, 0.25) is 10.0 Å². The Bertz CT molecular complexity index is 650. The fourth-order valence-corrected chi connectivity index (χ4v) is 4.19. The van der Waals surface area contributed by atoms with Gasteiger partial charge in [0.15, 0.2) is 0 Å². The number of rotatable bonds is 3. The van der Waals surface area contributed by atoms with Crippen LogP contribution in [0.2, 0.25) is 5.02 Å². The lowest BCUT2D eigenvalue weighted by Crippen LogP contribution is -2.40. The van der Waals surface area contributed by atoms with Gasteiger partial charge in [0, 0.05) is 13.0 Å². The van der Waals surface area contributed by atoms with Gasteiger partial charge in [0.05, 0.1) is 11.1 Å². The topological polar surface area (TPSA) is 94.9 Å². The third kappa shape index (κ3) is 2.64. The minimum atomic E-state index is -4.30. The van der Waals surface area contributed by atoms with Crippen molar-refractivity contribution in [2.45, 2.75) is 23.5 Å². The molecular formula is C11H11ClFNO5S. The second-order valence-corrected chi connectivity index (χ2v) is 6.66. The van der Waals surface area contributed by atoms with E-state index in [1.807, 2.05) is 0 Å². The van der Waals surface area contributed by atoms with Gasteiger partial charge in [0.25, 0.3) is 0 Å². The molecule has 0 aromatic heterocycles. The number of aliphatic hydroxyl groups is 1. The van der Waals surface area contributed by atoms with Crippen LogP contribution in [-0.4, -0.2) is 47.6 Å². The lowest BCUT2D eigenvalue weighted by molar-refractivity contribution is -0.140. The third-order valence-corrected chi connectivity index (χ3v) is 5.35. The van der Waals surface area contributed by atoms with Gasteiger partial charge in [-0.25, -0.2) is 12.8 Å². The van der Waals surface area contributed by atoms with E-state index >= 15 is 0 Å². The Balaban J connectivity index is 2.49. The number of β-amino-alcohol motifs (C(OH)–C–C–N with tert-alkyl or cyclic N) is 1. The average molecular weight is 324 g/mol. The van der Waals surface area contributed by atoms with E-state index in [0.29, 0.717) is 4.31 Å². The maximum absolute atomic E-state index is 13.2. The molecule has 0 spiro atoms. The van der Waals surface area contributed by atoms with Gasteiger partial charge in [-0.1, -0.05) is 11.6 Å². The Morgan fingerprint density at radius 2 is 2.10 bits per heavy atom. The van der Waals surface area contributed by atoms with E-state index in [1.54, 1.807) is 0 Å². The molecule has 0 saturated carbocycles. The van der Waals surface area contributed by atoms with Crippen molar-refractivity contribution in [1.82, 2.24) is 4.31 Å². The predicted molar refractivity (Wildman–Crippen MR) is 67.3 cm³/mol. The molecule has 2 atom stereocenters. The second kappa shape index (κ2) is 5.28. The Morgan fingerprint density at radius 1 is 1.45 bits per heavy atom. The van der Waals surface area contributed by atoms with Crippen LogP contribution in [0.1, 0.15) is 6.42 Å². The van der Waals surface area contributed by atoms with E-state index in [9.17, 15) is 22.7 Å². The molecule has 9 heteroatoms. The van der Waals surface area contributed by atoms with Gasteiger partial charge in [-0.05, 0) is 18.2 Å². The van der Waals surface area contributed by atoms with Gasteiger partial charge in [0.1, 0.15) is 16.8 Å². The fourth-order valence-electron chi connectivity index (χ4n) is 2.08. The minimum Gasteiger partial charge on any atom is -0.480 e. The zero-order valence-corrected chi connectivity index (χ0v) is 11.6. The Labute approximate surface area is 119 Å². The molecule has 1 aromatic carbocycles. The van der Waals surface area contributed by atoms with E-state index in [-0.39, 0.29) is 18.0 Å². The molecule has 1 aromatic rings. The summed E-state index contributed by atoms with van der Waals surface area (Å²) in [4.78, 5) is 10.5. The highest BCUT2D eigenvalue weighted by Gasteiger charge is 2.44. The normalized spacial score (nSPS) is 23.9. The number of hydrogen-bond acceptors (Lipinski definition) is 4. The van der Waals surface area contributed by atoms with Crippen LogP contribution in [-0.2, 0) is 14.8 Å². The second-order valence-electron chi connectivity index (χ2n) is 4.39. The molecule has 0 radical (unpaired) electrons. The van der Waals surface area contributed by atoms with Crippen molar-refractivity contribution in [3.05, 3.63) is 29.0 Å². The molecule has 0 amide bonds. The first-order valence-corrected chi connectivity index (χ1v) is 7.43. The van der Waals surface area contributed by atoms with Crippen molar-refractivity contribution in [3.63, 3.8) is 0 Å². The standard InChI is InChI=1S/C11H11ClFNO5S/c12-8-2-1-6(13)3-10(8)20(18,19)14-5-7(15)4-9(14)11(16)17/h1-3,7,9,15H,4-5H2,(H,16,17)/t7-,9+/m1/s1. The summed E-state index contributed by atoms with van der Waals surface area (Å²) in [5, 5.41) is 18.3. The molecule has 2 rings (SSSR count). The summed E-state index contributed by atoms with van der Waals surface area (Å²) >= 11 is 5.74. The summed E-state index contributed by atoms with van der Waals surface area (Å²) in [5.74, 6) is -2.18. The van der Waals surface area contributed by atoms with E-state index in [2.05, 4.69) is 0 Å². The molecule has 20 heavy (non-hydrogen) atoms. The molecule has 1 aliphatic rings. The first-order valence-electron chi connectivity index (χ1n) is 5.61. The molecule has 1 fully saturated rings. The molecule has 1 aliphatic heterocycles. The maximum Gasteiger partial charge on any atom is 0.322 e. The summed E-state index contributed by atoms with van der Waals surface area (Å²) < 4.78 is 38.6. The van der Waals surface area contributed by atoms with Crippen LogP contribution in [0.15, 0.2) is 23.1 Å². The van der Waals surface area contributed by atoms with Crippen LogP contribution in [0.25, 0.3) is 0 Å². The quantitative estimate of drug-likeness (QED) is 0.853. The van der Waals surface area contributed by atoms with Crippen LogP contribution in [0, 0.1) is 5.82 Å². The molecule has 0 bridgehead atoms. The van der Waals surface area contributed by atoms with Crippen LogP contribution >= 0.6 is 11.6 Å². The van der Waals surface area contributed by atoms with E-state index in [0.717, 1.165) is 18.2 Å². The van der Waals surface area contributed by atoms with Crippen molar-refractivity contribution in [2.75, 3.05) is 6.54 Å². The number of nitrogens with zero attached hydrogens (tertiary/aromatic N) is 1. The smallest absolute Gasteiger partial charge is 0.322 e. The zero-order valence-electron chi connectivity index (χ0n) is 10.0. The number of carboxylic acids is 1. The van der Waals surface area contributed by atoms with Crippen molar-refractivity contribution in [1.29, 1.82) is 0 Å². The third-order valence-electron chi connectivity index (χ3n) is 3.00. The number of aliphatic hydroxyl groups excluding tert-OH is 1. The summed E-state index contributed by atoms with van der Waals surface area (Å²) in [6, 6.07) is 1.40. The number of sulfonamides is 1. The first kappa shape index (κ1) is 15.2. The van der Waals surface area contributed by atoms with Gasteiger partial charge in [-0.2, -0.15) is 4.31 Å². The van der Waals surface area contributed by atoms with Gasteiger partial charge in [-0.3, -0.25) is 4.79 Å². The SMILES string of the molecule is O=C(O)[C@@H]1C[C@@H](O)CN1S(=O)(=O)c1cc(F)ccc1Cl. The van der Waals surface area contributed by atoms with Gasteiger partial charge >= 0.3 is 5.97 Å². The van der Waals surface area contributed by atoms with Crippen LogP contribution < -0.4 is 0 Å². The maximum atomic E-state index is 13.2. The van der Waals surface area contributed by atoms with Gasteiger partial charge in [-0.15, -0.1) is 0 Å². The first-order chi connectivity index (χ1) is 9.23. The Hall–Kier alpha value is -1.22. The molecule has 1 heterocycles. The van der Waals surface area contributed by atoms with Crippen molar-refractivity contribution >= 4 is 27.6 Å². The van der Waals surface area contributed by atoms with E-state index in [1.165, 1.54) is 0 Å². The van der Waals surface area contributed by atoms with E-state index in [4.69, 9.17) is 16.7 Å².